The van der Waals surface area contributed by atoms with E-state index < -0.39 is 6.04 Å². The number of nitrogens with zero attached hydrogens (tertiary/aromatic N) is 1. The van der Waals surface area contributed by atoms with E-state index in [1.165, 1.54) is 0 Å². The van der Waals surface area contributed by atoms with Gasteiger partial charge in [0, 0.05) is 19.5 Å². The van der Waals surface area contributed by atoms with E-state index in [9.17, 15) is 9.59 Å². The molecule has 0 aliphatic rings. The molecule has 5 heteroatoms. The number of carbonyl (C=O) groups is 2. The number of carbonyl (C=O) groups excluding carboxylic acids is 2. The van der Waals surface area contributed by atoms with E-state index in [0.29, 0.717) is 25.3 Å². The molecule has 0 saturated carbocycles. The number of benzene rings is 3. The highest BCUT2D eigenvalue weighted by Gasteiger charge is 2.30. The molecule has 0 unspecified atom stereocenters. The Bertz CT molecular complexity index is 1100. The summed E-state index contributed by atoms with van der Waals surface area (Å²) in [5.41, 5.74) is 4.15. The number of unbranched alkanes of at least 4 members (excludes halogenated alkanes) is 1. The molecular formula is C30H36N2O3. The summed E-state index contributed by atoms with van der Waals surface area (Å²) in [6, 6.07) is 24.8. The van der Waals surface area contributed by atoms with Gasteiger partial charge in [0.05, 0.1) is 0 Å². The average Bonchev–Trinajstić information content (AvgIpc) is 2.85. The molecule has 3 aromatic carbocycles. The van der Waals surface area contributed by atoms with Crippen molar-refractivity contribution in [3.63, 3.8) is 0 Å². The molecule has 1 atom stereocenters. The number of rotatable bonds is 12. The van der Waals surface area contributed by atoms with Crippen LogP contribution in [0.25, 0.3) is 0 Å². The lowest BCUT2D eigenvalue weighted by Crippen LogP contribution is -2.51. The summed E-state index contributed by atoms with van der Waals surface area (Å²) in [6.45, 7) is 6.88. The average molecular weight is 473 g/mol. The highest BCUT2D eigenvalue weighted by molar-refractivity contribution is 5.88. The zero-order valence-corrected chi connectivity index (χ0v) is 21.0. The van der Waals surface area contributed by atoms with Crippen LogP contribution in [0.2, 0.25) is 0 Å². The van der Waals surface area contributed by atoms with Crippen LogP contribution in [0.1, 0.15) is 42.0 Å². The van der Waals surface area contributed by atoms with Gasteiger partial charge in [-0.2, -0.15) is 0 Å². The van der Waals surface area contributed by atoms with Crippen LogP contribution < -0.4 is 10.1 Å². The molecule has 0 fully saturated rings. The molecule has 2 amide bonds. The van der Waals surface area contributed by atoms with Crippen molar-refractivity contribution >= 4 is 11.8 Å². The molecule has 0 radical (unpaired) electrons. The second-order valence-electron chi connectivity index (χ2n) is 8.97. The van der Waals surface area contributed by atoms with Gasteiger partial charge in [-0.05, 0) is 49.1 Å². The second kappa shape index (κ2) is 13.3. The fraction of sp³-hybridized carbons (Fsp3) is 0.333. The summed E-state index contributed by atoms with van der Waals surface area (Å²) >= 11 is 0. The molecule has 5 nitrogen and oxygen atoms in total. The Morgan fingerprint density at radius 1 is 0.886 bits per heavy atom. The highest BCUT2D eigenvalue weighted by atomic mass is 16.5. The Morgan fingerprint density at radius 3 is 2.26 bits per heavy atom. The summed E-state index contributed by atoms with van der Waals surface area (Å²) in [5, 5.41) is 3.04. The molecular weight excluding hydrogens is 436 g/mol. The third-order valence-electron chi connectivity index (χ3n) is 5.89. The molecule has 0 heterocycles. The van der Waals surface area contributed by atoms with Gasteiger partial charge in [-0.25, -0.2) is 0 Å². The Morgan fingerprint density at radius 2 is 1.57 bits per heavy atom. The van der Waals surface area contributed by atoms with Crippen molar-refractivity contribution in [2.24, 2.45) is 0 Å². The highest BCUT2D eigenvalue weighted by Crippen LogP contribution is 2.17. The normalized spacial score (nSPS) is 11.5. The zero-order valence-electron chi connectivity index (χ0n) is 21.0. The quantitative estimate of drug-likeness (QED) is 0.367. The van der Waals surface area contributed by atoms with E-state index in [2.05, 4.69) is 18.3 Å². The summed E-state index contributed by atoms with van der Waals surface area (Å²) in [4.78, 5) is 28.6. The number of nitrogens with one attached hydrogen (secondary N) is 1. The lowest BCUT2D eigenvalue weighted by molar-refractivity contribution is -0.142. The first kappa shape index (κ1) is 26.0. The van der Waals surface area contributed by atoms with Gasteiger partial charge in [0.2, 0.25) is 5.91 Å². The van der Waals surface area contributed by atoms with Crippen LogP contribution >= 0.6 is 0 Å². The third kappa shape index (κ3) is 8.29. The van der Waals surface area contributed by atoms with E-state index in [-0.39, 0.29) is 18.4 Å². The first-order chi connectivity index (χ1) is 17.0. The molecule has 1 N–H and O–H groups in total. The molecule has 3 aromatic rings. The van der Waals surface area contributed by atoms with E-state index in [0.717, 1.165) is 35.1 Å². The minimum atomic E-state index is -0.650. The maximum absolute atomic E-state index is 13.6. The maximum atomic E-state index is 13.6. The predicted molar refractivity (Wildman–Crippen MR) is 140 cm³/mol. The lowest BCUT2D eigenvalue weighted by atomic mass is 10.0. The molecule has 0 bridgehead atoms. The maximum Gasteiger partial charge on any atom is 0.261 e. The standard InChI is InChI=1S/C30H36N2O3/c1-4-5-17-31-30(34)28(20-25-13-7-6-8-14-25)32(21-26-15-9-11-23(2)18-26)29(33)22-35-27-16-10-12-24(3)19-27/h6-16,18-19,28H,4-5,17,20-22H2,1-3H3,(H,31,34)/t28-/m0/s1. The second-order valence-corrected chi connectivity index (χ2v) is 8.97. The van der Waals surface area contributed by atoms with Crippen LogP contribution in [0.4, 0.5) is 0 Å². The molecule has 3 rings (SSSR count). The number of hydrogen-bond donors (Lipinski definition) is 1. The zero-order chi connectivity index (χ0) is 25.0. The summed E-state index contributed by atoms with van der Waals surface area (Å²) in [6.07, 6.45) is 2.31. The number of ether oxygens (including phenoxy) is 1. The van der Waals surface area contributed by atoms with Crippen molar-refractivity contribution in [3.8, 4) is 5.75 Å². The Balaban J connectivity index is 1.88. The van der Waals surface area contributed by atoms with Gasteiger partial charge in [-0.15, -0.1) is 0 Å². The predicted octanol–water partition coefficient (Wildman–Crippen LogP) is 5.24. The van der Waals surface area contributed by atoms with Crippen molar-refractivity contribution in [1.29, 1.82) is 0 Å². The lowest BCUT2D eigenvalue weighted by Gasteiger charge is -2.31. The van der Waals surface area contributed by atoms with Crippen molar-refractivity contribution in [1.82, 2.24) is 10.2 Å². The first-order valence-electron chi connectivity index (χ1n) is 12.3. The molecule has 184 valence electrons. The summed E-state index contributed by atoms with van der Waals surface area (Å²) in [7, 11) is 0. The van der Waals surface area contributed by atoms with Gasteiger partial charge in [-0.3, -0.25) is 9.59 Å². The third-order valence-corrected chi connectivity index (χ3v) is 5.89. The van der Waals surface area contributed by atoms with Gasteiger partial charge in [-0.1, -0.05) is 85.6 Å². The molecule has 0 spiro atoms. The van der Waals surface area contributed by atoms with Gasteiger partial charge >= 0.3 is 0 Å². The summed E-state index contributed by atoms with van der Waals surface area (Å²) < 4.78 is 5.85. The van der Waals surface area contributed by atoms with Gasteiger partial charge in [0.15, 0.2) is 6.61 Å². The van der Waals surface area contributed by atoms with Crippen LogP contribution in [-0.2, 0) is 22.6 Å². The van der Waals surface area contributed by atoms with Crippen LogP contribution in [0.3, 0.4) is 0 Å². The van der Waals surface area contributed by atoms with Crippen molar-refractivity contribution in [2.75, 3.05) is 13.2 Å². The number of aryl methyl sites for hydroxylation is 2. The SMILES string of the molecule is CCCCNC(=O)[C@H](Cc1ccccc1)N(Cc1cccc(C)c1)C(=O)COc1cccc(C)c1. The smallest absolute Gasteiger partial charge is 0.261 e. The minimum Gasteiger partial charge on any atom is -0.484 e. The van der Waals surface area contributed by atoms with Gasteiger partial charge in [0.25, 0.3) is 5.91 Å². The number of hydrogen-bond acceptors (Lipinski definition) is 3. The van der Waals surface area contributed by atoms with Crippen LogP contribution in [0, 0.1) is 13.8 Å². The van der Waals surface area contributed by atoms with Crippen LogP contribution in [-0.4, -0.2) is 35.9 Å². The Kier molecular flexibility index (Phi) is 9.91. The molecule has 0 saturated heterocycles. The number of amides is 2. The van der Waals surface area contributed by atoms with E-state index in [1.54, 1.807) is 4.90 Å². The van der Waals surface area contributed by atoms with Crippen molar-refractivity contribution in [3.05, 3.63) is 101 Å². The fourth-order valence-corrected chi connectivity index (χ4v) is 4.00. The minimum absolute atomic E-state index is 0.136. The summed E-state index contributed by atoms with van der Waals surface area (Å²) in [5.74, 6) is 0.277. The topological polar surface area (TPSA) is 58.6 Å². The van der Waals surface area contributed by atoms with Gasteiger partial charge < -0.3 is 15.0 Å². The van der Waals surface area contributed by atoms with E-state index >= 15 is 0 Å². The molecule has 35 heavy (non-hydrogen) atoms. The fourth-order valence-electron chi connectivity index (χ4n) is 4.00. The monoisotopic (exact) mass is 472 g/mol. The van der Waals surface area contributed by atoms with Crippen LogP contribution in [0.15, 0.2) is 78.9 Å². The van der Waals surface area contributed by atoms with E-state index in [4.69, 9.17) is 4.74 Å². The molecule has 0 aliphatic heterocycles. The van der Waals surface area contributed by atoms with Crippen LogP contribution in [0.5, 0.6) is 5.75 Å². The molecule has 0 aliphatic carbocycles. The van der Waals surface area contributed by atoms with Gasteiger partial charge in [0.1, 0.15) is 11.8 Å². The van der Waals surface area contributed by atoms with Crippen molar-refractivity contribution in [2.45, 2.75) is 52.6 Å². The Hall–Kier alpha value is -3.60. The largest absolute Gasteiger partial charge is 0.484 e. The Labute approximate surface area is 209 Å². The van der Waals surface area contributed by atoms with Crippen molar-refractivity contribution < 1.29 is 14.3 Å². The first-order valence-corrected chi connectivity index (χ1v) is 12.3. The van der Waals surface area contributed by atoms with E-state index in [1.807, 2.05) is 86.6 Å². The molecule has 0 aromatic heterocycles.